The number of hydrogen-bond donors (Lipinski definition) is 2. The minimum Gasteiger partial charge on any atom is -0.318 e. The average Bonchev–Trinajstić information content (AvgIpc) is 2.93. The van der Waals surface area contributed by atoms with Crippen molar-refractivity contribution in [2.75, 3.05) is 5.43 Å². The van der Waals surface area contributed by atoms with Crippen LogP contribution in [-0.2, 0) is 4.79 Å². The predicted octanol–water partition coefficient (Wildman–Crippen LogP) is 3.04. The second-order valence-corrected chi connectivity index (χ2v) is 5.52. The van der Waals surface area contributed by atoms with Crippen LogP contribution in [0.3, 0.4) is 0 Å². The lowest BCUT2D eigenvalue weighted by atomic mass is 10.2. The molecule has 0 saturated carbocycles. The van der Waals surface area contributed by atoms with E-state index < -0.39 is 0 Å². The summed E-state index contributed by atoms with van der Waals surface area (Å²) < 4.78 is 2.16. The second-order valence-electron chi connectivity index (χ2n) is 5.52. The molecule has 1 aromatic carbocycles. The SMILES string of the molecule is Cc1cc(/C=C/C(=O)NNc2ncccn2)c(C)n1-c1ccccc1. The third kappa shape index (κ3) is 3.92. The predicted molar refractivity (Wildman–Crippen MR) is 98.1 cm³/mol. The Morgan fingerprint density at radius 2 is 1.80 bits per heavy atom. The summed E-state index contributed by atoms with van der Waals surface area (Å²) in [5.41, 5.74) is 9.47. The third-order valence-corrected chi connectivity index (χ3v) is 3.76. The van der Waals surface area contributed by atoms with Crippen molar-refractivity contribution in [2.24, 2.45) is 0 Å². The number of aryl methyl sites for hydroxylation is 1. The van der Waals surface area contributed by atoms with Gasteiger partial charge in [0.05, 0.1) is 0 Å². The third-order valence-electron chi connectivity index (χ3n) is 3.76. The summed E-state index contributed by atoms with van der Waals surface area (Å²) in [6.07, 6.45) is 6.46. The molecular formula is C19H19N5O. The van der Waals surface area contributed by atoms with E-state index in [0.29, 0.717) is 5.95 Å². The Balaban J connectivity index is 1.70. The van der Waals surface area contributed by atoms with Crippen molar-refractivity contribution in [3.05, 3.63) is 77.9 Å². The Morgan fingerprint density at radius 1 is 1.08 bits per heavy atom. The summed E-state index contributed by atoms with van der Waals surface area (Å²) in [4.78, 5) is 19.9. The zero-order chi connectivity index (χ0) is 17.6. The van der Waals surface area contributed by atoms with Crippen LogP contribution in [0, 0.1) is 13.8 Å². The van der Waals surface area contributed by atoms with Gasteiger partial charge in [0.2, 0.25) is 5.95 Å². The number of nitrogens with zero attached hydrogens (tertiary/aromatic N) is 3. The molecule has 0 fully saturated rings. The van der Waals surface area contributed by atoms with Gasteiger partial charge >= 0.3 is 0 Å². The number of nitrogens with one attached hydrogen (secondary N) is 2. The molecule has 0 unspecified atom stereocenters. The van der Waals surface area contributed by atoms with Gasteiger partial charge in [0.1, 0.15) is 0 Å². The normalized spacial score (nSPS) is 10.8. The van der Waals surface area contributed by atoms with Crippen LogP contribution in [0.25, 0.3) is 11.8 Å². The minimum atomic E-state index is -0.281. The average molecular weight is 333 g/mol. The highest BCUT2D eigenvalue weighted by molar-refractivity contribution is 5.92. The first-order valence-electron chi connectivity index (χ1n) is 7.90. The largest absolute Gasteiger partial charge is 0.318 e. The number of carbonyl (C=O) groups is 1. The lowest BCUT2D eigenvalue weighted by Crippen LogP contribution is -2.28. The molecule has 0 spiro atoms. The lowest BCUT2D eigenvalue weighted by Gasteiger charge is -2.09. The smallest absolute Gasteiger partial charge is 0.262 e. The molecule has 0 atom stereocenters. The van der Waals surface area contributed by atoms with E-state index >= 15 is 0 Å². The molecular weight excluding hydrogens is 314 g/mol. The number of para-hydroxylation sites is 1. The van der Waals surface area contributed by atoms with E-state index in [9.17, 15) is 4.79 Å². The summed E-state index contributed by atoms with van der Waals surface area (Å²) in [5.74, 6) is 0.0588. The van der Waals surface area contributed by atoms with Crippen LogP contribution in [0.5, 0.6) is 0 Å². The van der Waals surface area contributed by atoms with Gasteiger partial charge in [0.15, 0.2) is 0 Å². The molecule has 6 nitrogen and oxygen atoms in total. The summed E-state index contributed by atoms with van der Waals surface area (Å²) in [6, 6.07) is 13.9. The molecule has 3 aromatic rings. The van der Waals surface area contributed by atoms with Gasteiger partial charge in [0, 0.05) is 35.5 Å². The van der Waals surface area contributed by atoms with Crippen LogP contribution in [0.1, 0.15) is 17.0 Å². The molecule has 0 aliphatic rings. The summed E-state index contributed by atoms with van der Waals surface area (Å²) in [7, 11) is 0. The lowest BCUT2D eigenvalue weighted by molar-refractivity contribution is -0.116. The molecule has 2 heterocycles. The Kier molecular flexibility index (Phi) is 4.89. The van der Waals surface area contributed by atoms with Crippen LogP contribution in [0.15, 0.2) is 60.9 Å². The Morgan fingerprint density at radius 3 is 2.52 bits per heavy atom. The maximum atomic E-state index is 11.9. The van der Waals surface area contributed by atoms with Crippen molar-refractivity contribution in [2.45, 2.75) is 13.8 Å². The van der Waals surface area contributed by atoms with Crippen molar-refractivity contribution >= 4 is 17.9 Å². The number of benzene rings is 1. The van der Waals surface area contributed by atoms with Gasteiger partial charge in [-0.05, 0) is 49.8 Å². The highest BCUT2D eigenvalue weighted by Crippen LogP contribution is 2.21. The molecule has 6 heteroatoms. The summed E-state index contributed by atoms with van der Waals surface area (Å²) in [5, 5.41) is 0. The maximum Gasteiger partial charge on any atom is 0.262 e. The maximum absolute atomic E-state index is 11.9. The van der Waals surface area contributed by atoms with Crippen molar-refractivity contribution < 1.29 is 4.79 Å². The van der Waals surface area contributed by atoms with Crippen LogP contribution < -0.4 is 10.9 Å². The molecule has 2 aromatic heterocycles. The summed E-state index contributed by atoms with van der Waals surface area (Å²) >= 11 is 0. The van der Waals surface area contributed by atoms with Crippen molar-refractivity contribution in [1.29, 1.82) is 0 Å². The van der Waals surface area contributed by atoms with Crippen LogP contribution >= 0.6 is 0 Å². The molecule has 1 amide bonds. The molecule has 0 saturated heterocycles. The van der Waals surface area contributed by atoms with E-state index in [2.05, 4.69) is 43.6 Å². The van der Waals surface area contributed by atoms with E-state index in [-0.39, 0.29) is 5.91 Å². The number of hydrazine groups is 1. The van der Waals surface area contributed by atoms with Gasteiger partial charge in [-0.1, -0.05) is 18.2 Å². The van der Waals surface area contributed by atoms with Gasteiger partial charge in [-0.3, -0.25) is 15.6 Å². The number of hydrogen-bond acceptors (Lipinski definition) is 4. The molecule has 126 valence electrons. The highest BCUT2D eigenvalue weighted by atomic mass is 16.2. The molecule has 0 aliphatic heterocycles. The first-order valence-corrected chi connectivity index (χ1v) is 7.90. The van der Waals surface area contributed by atoms with E-state index in [4.69, 9.17) is 0 Å². The van der Waals surface area contributed by atoms with E-state index in [1.807, 2.05) is 32.0 Å². The van der Waals surface area contributed by atoms with Gasteiger partial charge in [0.25, 0.3) is 5.91 Å². The molecule has 2 N–H and O–H groups in total. The Hall–Kier alpha value is -3.41. The van der Waals surface area contributed by atoms with Gasteiger partial charge in [-0.15, -0.1) is 0 Å². The highest BCUT2D eigenvalue weighted by Gasteiger charge is 2.08. The van der Waals surface area contributed by atoms with E-state index in [1.54, 1.807) is 24.5 Å². The monoisotopic (exact) mass is 333 g/mol. The standard InChI is InChI=1S/C19H19N5O/c1-14-13-16(15(2)24(14)17-7-4-3-5-8-17)9-10-18(25)22-23-19-20-11-6-12-21-19/h3-13H,1-2H3,(H,22,25)(H,20,21,23)/b10-9+. The first kappa shape index (κ1) is 16.4. The summed E-state index contributed by atoms with van der Waals surface area (Å²) in [6.45, 7) is 4.08. The van der Waals surface area contributed by atoms with E-state index in [0.717, 1.165) is 22.6 Å². The zero-order valence-corrected chi connectivity index (χ0v) is 14.1. The fourth-order valence-corrected chi connectivity index (χ4v) is 2.62. The van der Waals surface area contributed by atoms with Crippen LogP contribution in [0.2, 0.25) is 0 Å². The van der Waals surface area contributed by atoms with Crippen LogP contribution in [0.4, 0.5) is 5.95 Å². The van der Waals surface area contributed by atoms with Crippen molar-refractivity contribution in [1.82, 2.24) is 20.0 Å². The molecule has 0 aliphatic carbocycles. The molecule has 0 radical (unpaired) electrons. The Labute approximate surface area is 146 Å². The number of anilines is 1. The number of amides is 1. The molecule has 25 heavy (non-hydrogen) atoms. The molecule has 3 rings (SSSR count). The number of rotatable bonds is 5. The zero-order valence-electron chi connectivity index (χ0n) is 14.1. The molecule has 0 bridgehead atoms. The quantitative estimate of drug-likeness (QED) is 0.556. The van der Waals surface area contributed by atoms with Gasteiger partial charge < -0.3 is 4.57 Å². The minimum absolute atomic E-state index is 0.281. The van der Waals surface area contributed by atoms with Crippen LogP contribution in [-0.4, -0.2) is 20.4 Å². The number of aromatic nitrogens is 3. The van der Waals surface area contributed by atoms with Crippen molar-refractivity contribution in [3.8, 4) is 5.69 Å². The fourth-order valence-electron chi connectivity index (χ4n) is 2.62. The topological polar surface area (TPSA) is 71.8 Å². The van der Waals surface area contributed by atoms with Gasteiger partial charge in [-0.2, -0.15) is 0 Å². The van der Waals surface area contributed by atoms with Crippen molar-refractivity contribution in [3.63, 3.8) is 0 Å². The first-order chi connectivity index (χ1) is 12.1. The number of carbonyl (C=O) groups excluding carboxylic acids is 1. The fraction of sp³-hybridized carbons (Fsp3) is 0.105. The Bertz CT molecular complexity index is 885. The second kappa shape index (κ2) is 7.44. The van der Waals surface area contributed by atoms with E-state index in [1.165, 1.54) is 6.08 Å². The van der Waals surface area contributed by atoms with Gasteiger partial charge in [-0.25, -0.2) is 9.97 Å².